The highest BCUT2D eigenvalue weighted by atomic mass is 19.4. The number of ketones is 1. The molecular formula is C28H32F6N4O. The lowest BCUT2D eigenvalue weighted by Gasteiger charge is -2.29. The molecule has 39 heavy (non-hydrogen) atoms. The van der Waals surface area contributed by atoms with Crippen molar-refractivity contribution in [3.8, 4) is 0 Å². The van der Waals surface area contributed by atoms with Crippen molar-refractivity contribution >= 4 is 22.9 Å². The molecule has 5 nitrogen and oxygen atoms in total. The lowest BCUT2D eigenvalue weighted by Crippen LogP contribution is -2.31. The Morgan fingerprint density at radius 3 is 2.59 bits per heavy atom. The molecule has 1 saturated carbocycles. The second kappa shape index (κ2) is 12.7. The number of Topliss-reactive ketones (excluding diaryl/α,β-unsaturated/α-hetero) is 1. The zero-order valence-corrected chi connectivity index (χ0v) is 21.7. The van der Waals surface area contributed by atoms with Crippen LogP contribution in [0.4, 0.5) is 32.2 Å². The maximum absolute atomic E-state index is 14.6. The fourth-order valence-corrected chi connectivity index (χ4v) is 4.92. The molecule has 0 bridgehead atoms. The first-order valence-corrected chi connectivity index (χ1v) is 12.7. The summed E-state index contributed by atoms with van der Waals surface area (Å²) in [5.41, 5.74) is -0.743. The van der Waals surface area contributed by atoms with E-state index in [1.165, 1.54) is 30.5 Å². The van der Waals surface area contributed by atoms with Crippen LogP contribution in [-0.4, -0.2) is 36.0 Å². The third kappa shape index (κ3) is 8.31. The van der Waals surface area contributed by atoms with Crippen molar-refractivity contribution in [2.24, 2.45) is 17.8 Å². The molecule has 212 valence electrons. The van der Waals surface area contributed by atoms with Crippen molar-refractivity contribution in [2.75, 3.05) is 18.9 Å². The number of rotatable bonds is 8. The number of pyridine rings is 1. The normalized spacial score (nSPS) is 22.3. The molecule has 1 aliphatic carbocycles. The smallest absolute Gasteiger partial charge is 0.393 e. The molecule has 0 radical (unpaired) electrons. The first-order chi connectivity index (χ1) is 18.3. The number of alkyl halides is 5. The van der Waals surface area contributed by atoms with Crippen LogP contribution in [0.1, 0.15) is 50.2 Å². The highest BCUT2D eigenvalue weighted by molar-refractivity contribution is 6.55. The number of aromatic nitrogens is 1. The molecule has 1 aromatic carbocycles. The van der Waals surface area contributed by atoms with Crippen LogP contribution in [0.2, 0.25) is 0 Å². The predicted molar refractivity (Wildman–Crippen MR) is 138 cm³/mol. The standard InChI is InChI=1S/C28H32F6N4O/c1-17-13-27(30,31)10-4-6-19(11-20(17)14-37-24-9-8-21(15-38-24)28(32,33)34)26(39)25(35)23(16-36-2)18-5-3-7-22(29)12-18/h3,5,7-9,12,15-17,19-20,35-36H,4,6,10-11,13-14H2,1-2H3,(H,37,38)/b23-16-,35-25?/t17-,19?,20?/m1/s1. The van der Waals surface area contributed by atoms with Gasteiger partial charge in [-0.3, -0.25) is 10.2 Å². The molecule has 3 N–H and O–H groups in total. The average Bonchev–Trinajstić information content (AvgIpc) is 2.92. The van der Waals surface area contributed by atoms with E-state index in [0.717, 1.165) is 6.07 Å². The summed E-state index contributed by atoms with van der Waals surface area (Å²) in [4.78, 5) is 17.3. The van der Waals surface area contributed by atoms with Crippen molar-refractivity contribution in [1.82, 2.24) is 10.3 Å². The minimum Gasteiger partial charge on any atom is -0.393 e. The van der Waals surface area contributed by atoms with Crippen LogP contribution in [0.25, 0.3) is 5.57 Å². The van der Waals surface area contributed by atoms with Gasteiger partial charge in [0.2, 0.25) is 5.92 Å². The van der Waals surface area contributed by atoms with E-state index in [1.807, 2.05) is 0 Å². The Kier molecular flexibility index (Phi) is 9.79. The molecular weight excluding hydrogens is 522 g/mol. The molecule has 3 atom stereocenters. The Labute approximate surface area is 223 Å². The van der Waals surface area contributed by atoms with E-state index >= 15 is 0 Å². The number of allylic oxidation sites excluding steroid dienone is 1. The maximum atomic E-state index is 14.6. The zero-order valence-electron chi connectivity index (χ0n) is 21.7. The highest BCUT2D eigenvalue weighted by Crippen LogP contribution is 2.38. The van der Waals surface area contributed by atoms with Crippen molar-refractivity contribution in [2.45, 2.75) is 51.1 Å². The van der Waals surface area contributed by atoms with Crippen molar-refractivity contribution in [1.29, 1.82) is 5.41 Å². The molecule has 2 aromatic rings. The molecule has 0 amide bonds. The lowest BCUT2D eigenvalue weighted by atomic mass is 9.79. The number of halogens is 6. The monoisotopic (exact) mass is 554 g/mol. The molecule has 11 heteroatoms. The topological polar surface area (TPSA) is 77.9 Å². The van der Waals surface area contributed by atoms with Crippen LogP contribution in [0.15, 0.2) is 48.8 Å². The summed E-state index contributed by atoms with van der Waals surface area (Å²) in [5, 5.41) is 14.3. The quantitative estimate of drug-likeness (QED) is 0.243. The van der Waals surface area contributed by atoms with Gasteiger partial charge in [-0.2, -0.15) is 13.2 Å². The van der Waals surface area contributed by atoms with Crippen LogP contribution >= 0.6 is 0 Å². The third-order valence-electron chi connectivity index (χ3n) is 7.05. The second-order valence-corrected chi connectivity index (χ2v) is 10.0. The molecule has 1 heterocycles. The average molecular weight is 555 g/mol. The first kappa shape index (κ1) is 30.2. The number of benzene rings is 1. The number of nitrogens with zero attached hydrogens (tertiary/aromatic N) is 1. The minimum atomic E-state index is -4.53. The number of carbonyl (C=O) groups is 1. The van der Waals surface area contributed by atoms with E-state index in [9.17, 15) is 31.1 Å². The third-order valence-corrected chi connectivity index (χ3v) is 7.05. The van der Waals surface area contributed by atoms with Crippen LogP contribution in [0.3, 0.4) is 0 Å². The fraction of sp³-hybridized carbons (Fsp3) is 0.464. The van der Waals surface area contributed by atoms with Gasteiger partial charge in [-0.15, -0.1) is 0 Å². The predicted octanol–water partition coefficient (Wildman–Crippen LogP) is 6.97. The summed E-state index contributed by atoms with van der Waals surface area (Å²) < 4.78 is 81.7. The van der Waals surface area contributed by atoms with Gasteiger partial charge in [0.25, 0.3) is 0 Å². The van der Waals surface area contributed by atoms with E-state index in [0.29, 0.717) is 11.8 Å². The zero-order chi connectivity index (χ0) is 28.8. The van der Waals surface area contributed by atoms with Gasteiger partial charge in [-0.1, -0.05) is 19.1 Å². The summed E-state index contributed by atoms with van der Waals surface area (Å²) in [6, 6.07) is 7.54. The summed E-state index contributed by atoms with van der Waals surface area (Å²) in [7, 11) is 1.58. The Hall–Kier alpha value is -3.37. The summed E-state index contributed by atoms with van der Waals surface area (Å²) >= 11 is 0. The van der Waals surface area contributed by atoms with Crippen LogP contribution in [0, 0.1) is 29.0 Å². The van der Waals surface area contributed by atoms with Crippen LogP contribution in [-0.2, 0) is 11.0 Å². The van der Waals surface area contributed by atoms with Gasteiger partial charge in [-0.25, -0.2) is 18.2 Å². The largest absolute Gasteiger partial charge is 0.417 e. The molecule has 1 fully saturated rings. The van der Waals surface area contributed by atoms with Crippen LogP contribution in [0.5, 0.6) is 0 Å². The molecule has 2 unspecified atom stereocenters. The van der Waals surface area contributed by atoms with Crippen molar-refractivity contribution < 1.29 is 31.1 Å². The van der Waals surface area contributed by atoms with Gasteiger partial charge in [0.05, 0.1) is 5.56 Å². The van der Waals surface area contributed by atoms with E-state index in [-0.39, 0.29) is 42.9 Å². The number of nitrogens with one attached hydrogen (secondary N) is 3. The van der Waals surface area contributed by atoms with Gasteiger partial charge in [0.15, 0.2) is 5.78 Å². The number of carbonyl (C=O) groups excluding carboxylic acids is 1. The maximum Gasteiger partial charge on any atom is 0.417 e. The van der Waals surface area contributed by atoms with E-state index in [2.05, 4.69) is 15.6 Å². The summed E-state index contributed by atoms with van der Waals surface area (Å²) in [5.74, 6) is -5.57. The Morgan fingerprint density at radius 2 is 1.97 bits per heavy atom. The summed E-state index contributed by atoms with van der Waals surface area (Å²) in [6.45, 7) is 1.77. The Balaban J connectivity index is 1.83. The van der Waals surface area contributed by atoms with E-state index in [4.69, 9.17) is 5.41 Å². The molecule has 1 aliphatic rings. The van der Waals surface area contributed by atoms with Crippen LogP contribution < -0.4 is 10.6 Å². The molecule has 0 aliphatic heterocycles. The molecule has 0 saturated heterocycles. The summed E-state index contributed by atoms with van der Waals surface area (Å²) in [6.07, 6.45) is -2.77. The lowest BCUT2D eigenvalue weighted by molar-refractivity contribution is -0.137. The van der Waals surface area contributed by atoms with Gasteiger partial charge in [0.1, 0.15) is 17.3 Å². The SMILES string of the molecule is CN/C=C(\C(=N)C(=O)C1CCCC(F)(F)C[C@@H](C)C(CNc2ccc(C(F)(F)F)cn2)C1)c1cccc(F)c1. The first-order valence-electron chi connectivity index (χ1n) is 12.7. The second-order valence-electron chi connectivity index (χ2n) is 10.0. The van der Waals surface area contributed by atoms with Gasteiger partial charge in [0, 0.05) is 50.3 Å². The fourth-order valence-electron chi connectivity index (χ4n) is 4.92. The van der Waals surface area contributed by atoms with Crippen molar-refractivity contribution in [3.05, 3.63) is 65.7 Å². The highest BCUT2D eigenvalue weighted by Gasteiger charge is 2.38. The number of anilines is 1. The minimum absolute atomic E-state index is 0.0923. The van der Waals surface area contributed by atoms with Crippen molar-refractivity contribution in [3.63, 3.8) is 0 Å². The van der Waals surface area contributed by atoms with Gasteiger partial charge >= 0.3 is 6.18 Å². The Bertz CT molecular complexity index is 1180. The Morgan fingerprint density at radius 1 is 1.23 bits per heavy atom. The van der Waals surface area contributed by atoms with E-state index in [1.54, 1.807) is 20.0 Å². The van der Waals surface area contributed by atoms with E-state index < -0.39 is 59.9 Å². The number of hydrogen-bond donors (Lipinski definition) is 3. The number of hydrogen-bond acceptors (Lipinski definition) is 5. The van der Waals surface area contributed by atoms with Gasteiger partial charge < -0.3 is 10.6 Å². The molecule has 1 aromatic heterocycles. The van der Waals surface area contributed by atoms with Gasteiger partial charge in [-0.05, 0) is 60.9 Å². The molecule has 0 spiro atoms. The molecule has 3 rings (SSSR count).